The summed E-state index contributed by atoms with van der Waals surface area (Å²) in [6.07, 6.45) is 5.91. The number of rotatable bonds is 10. The fourth-order valence-electron chi connectivity index (χ4n) is 2.71. The number of alkyl carbamates (subject to hydrolysis) is 1. The second-order valence-electron chi connectivity index (χ2n) is 6.20. The minimum absolute atomic E-state index is 0.0132. The van der Waals surface area contributed by atoms with E-state index in [9.17, 15) is 4.79 Å². The van der Waals surface area contributed by atoms with E-state index < -0.39 is 6.09 Å². The number of amides is 1. The van der Waals surface area contributed by atoms with Crippen molar-refractivity contribution in [2.45, 2.75) is 57.7 Å². The van der Waals surface area contributed by atoms with Crippen LogP contribution in [0, 0.1) is 0 Å². The van der Waals surface area contributed by atoms with E-state index in [-0.39, 0.29) is 18.7 Å². The number of nitrogens with one attached hydrogen (secondary N) is 1. The molecule has 0 aliphatic rings. The van der Waals surface area contributed by atoms with Gasteiger partial charge in [0.1, 0.15) is 6.61 Å². The smallest absolute Gasteiger partial charge is 0.407 e. The number of hydrogen-bond donors (Lipinski definition) is 2. The van der Waals surface area contributed by atoms with Gasteiger partial charge in [-0.15, -0.1) is 11.3 Å². The molecular formula is C19H27N3O2S. The van der Waals surface area contributed by atoms with E-state index in [1.165, 1.54) is 16.9 Å². The molecule has 25 heavy (non-hydrogen) atoms. The Morgan fingerprint density at radius 1 is 1.28 bits per heavy atom. The molecule has 1 aromatic carbocycles. The molecule has 0 saturated carbocycles. The minimum Gasteiger partial charge on any atom is -0.444 e. The van der Waals surface area contributed by atoms with Crippen molar-refractivity contribution in [3.63, 3.8) is 0 Å². The Morgan fingerprint density at radius 2 is 2.08 bits per heavy atom. The van der Waals surface area contributed by atoms with Gasteiger partial charge in [0.25, 0.3) is 0 Å². The van der Waals surface area contributed by atoms with Crippen molar-refractivity contribution in [2.24, 2.45) is 5.73 Å². The maximum Gasteiger partial charge on any atom is 0.407 e. The normalized spacial score (nSPS) is 13.2. The molecule has 1 heterocycles. The number of nitrogens with two attached hydrogens (primary N) is 1. The van der Waals surface area contributed by atoms with E-state index in [4.69, 9.17) is 10.5 Å². The number of benzene rings is 1. The van der Waals surface area contributed by atoms with E-state index in [1.54, 1.807) is 11.7 Å². The Bertz CT molecular complexity index is 604. The van der Waals surface area contributed by atoms with Crippen LogP contribution in [0.25, 0.3) is 0 Å². The van der Waals surface area contributed by atoms with Gasteiger partial charge in [-0.25, -0.2) is 4.79 Å². The van der Waals surface area contributed by atoms with Crippen molar-refractivity contribution in [2.75, 3.05) is 0 Å². The molecule has 136 valence electrons. The minimum atomic E-state index is -0.390. The molecule has 1 amide bonds. The van der Waals surface area contributed by atoms with Crippen LogP contribution in [0.15, 0.2) is 42.0 Å². The van der Waals surface area contributed by atoms with Crippen LogP contribution in [0.3, 0.4) is 0 Å². The fraction of sp³-hybridized carbons (Fsp3) is 0.474. The standard InChI is InChI=1S/C19H27N3O2S/c1-2-6-16(20)9-10-17(11-15-7-4-3-5-8-15)22-19(23)24-13-18-12-21-14-25-18/h3-5,7-8,12,14,16-17H,2,6,9-11,13,20H2,1H3,(H,22,23)/t16-,17+/m0/s1. The Hall–Kier alpha value is -1.92. The van der Waals surface area contributed by atoms with Crippen LogP contribution in [0.2, 0.25) is 0 Å². The Balaban J connectivity index is 1.86. The molecule has 6 heteroatoms. The lowest BCUT2D eigenvalue weighted by atomic mass is 9.98. The third kappa shape index (κ3) is 7.67. The predicted octanol–water partition coefficient (Wildman–Crippen LogP) is 3.89. The van der Waals surface area contributed by atoms with E-state index in [2.05, 4.69) is 29.4 Å². The first-order valence-corrected chi connectivity index (χ1v) is 9.65. The lowest BCUT2D eigenvalue weighted by molar-refractivity contribution is 0.135. The maximum atomic E-state index is 12.1. The van der Waals surface area contributed by atoms with Crippen LogP contribution >= 0.6 is 11.3 Å². The van der Waals surface area contributed by atoms with Crippen molar-refractivity contribution in [3.8, 4) is 0 Å². The van der Waals surface area contributed by atoms with Gasteiger partial charge in [-0.2, -0.15) is 0 Å². The number of aromatic nitrogens is 1. The molecule has 0 aliphatic heterocycles. The molecule has 3 N–H and O–H groups in total. The third-order valence-corrected chi connectivity index (χ3v) is 4.77. The van der Waals surface area contributed by atoms with Gasteiger partial charge >= 0.3 is 6.09 Å². The number of carbonyl (C=O) groups is 1. The van der Waals surface area contributed by atoms with Crippen LogP contribution in [-0.4, -0.2) is 23.2 Å². The Morgan fingerprint density at radius 3 is 2.76 bits per heavy atom. The molecular weight excluding hydrogens is 334 g/mol. The fourth-order valence-corrected chi connectivity index (χ4v) is 3.22. The van der Waals surface area contributed by atoms with Gasteiger partial charge in [-0.05, 0) is 31.2 Å². The number of thiazole rings is 1. The molecule has 0 bridgehead atoms. The lowest BCUT2D eigenvalue weighted by Gasteiger charge is -2.20. The zero-order chi connectivity index (χ0) is 17.9. The number of ether oxygens (including phenoxy) is 1. The summed E-state index contributed by atoms with van der Waals surface area (Å²) in [7, 11) is 0. The maximum absolute atomic E-state index is 12.1. The van der Waals surface area contributed by atoms with E-state index in [0.717, 1.165) is 37.0 Å². The van der Waals surface area contributed by atoms with Gasteiger partial charge in [0, 0.05) is 18.3 Å². The van der Waals surface area contributed by atoms with Gasteiger partial charge in [0.2, 0.25) is 0 Å². The molecule has 0 unspecified atom stereocenters. The first-order valence-electron chi connectivity index (χ1n) is 8.77. The van der Waals surface area contributed by atoms with Crippen LogP contribution in [0.4, 0.5) is 4.79 Å². The average molecular weight is 362 g/mol. The number of nitrogens with zero attached hydrogens (tertiary/aromatic N) is 1. The summed E-state index contributed by atoms with van der Waals surface area (Å²) in [4.78, 5) is 17.0. The molecule has 0 radical (unpaired) electrons. The van der Waals surface area contributed by atoms with Crippen LogP contribution in [-0.2, 0) is 17.8 Å². The highest BCUT2D eigenvalue weighted by atomic mass is 32.1. The van der Waals surface area contributed by atoms with Gasteiger partial charge < -0.3 is 15.8 Å². The second kappa shape index (κ2) is 10.8. The Labute approximate surface area is 153 Å². The van der Waals surface area contributed by atoms with Crippen molar-refractivity contribution in [1.82, 2.24) is 10.3 Å². The van der Waals surface area contributed by atoms with Crippen molar-refractivity contribution in [3.05, 3.63) is 52.5 Å². The quantitative estimate of drug-likeness (QED) is 0.673. The molecule has 0 spiro atoms. The summed E-state index contributed by atoms with van der Waals surface area (Å²) >= 11 is 1.47. The highest BCUT2D eigenvalue weighted by Crippen LogP contribution is 2.12. The molecule has 2 rings (SSSR count). The summed E-state index contributed by atoms with van der Waals surface area (Å²) in [5.74, 6) is 0. The highest BCUT2D eigenvalue weighted by molar-refractivity contribution is 7.09. The zero-order valence-electron chi connectivity index (χ0n) is 14.7. The molecule has 0 fully saturated rings. The predicted molar refractivity (Wildman–Crippen MR) is 101 cm³/mol. The first-order chi connectivity index (χ1) is 12.2. The molecule has 5 nitrogen and oxygen atoms in total. The number of hydrogen-bond acceptors (Lipinski definition) is 5. The monoisotopic (exact) mass is 361 g/mol. The van der Waals surface area contributed by atoms with Gasteiger partial charge in [0.05, 0.1) is 10.4 Å². The topological polar surface area (TPSA) is 77.2 Å². The lowest BCUT2D eigenvalue weighted by Crippen LogP contribution is -2.38. The highest BCUT2D eigenvalue weighted by Gasteiger charge is 2.16. The largest absolute Gasteiger partial charge is 0.444 e. The van der Waals surface area contributed by atoms with Gasteiger partial charge in [0.15, 0.2) is 0 Å². The summed E-state index contributed by atoms with van der Waals surface area (Å²) in [5, 5.41) is 2.99. The second-order valence-corrected chi connectivity index (χ2v) is 7.17. The first kappa shape index (κ1) is 19.4. The van der Waals surface area contributed by atoms with E-state index in [1.807, 2.05) is 18.2 Å². The average Bonchev–Trinajstić information content (AvgIpc) is 3.13. The van der Waals surface area contributed by atoms with Crippen LogP contribution in [0.5, 0.6) is 0 Å². The van der Waals surface area contributed by atoms with Crippen molar-refractivity contribution < 1.29 is 9.53 Å². The van der Waals surface area contributed by atoms with Crippen LogP contribution < -0.4 is 11.1 Å². The van der Waals surface area contributed by atoms with Crippen LogP contribution in [0.1, 0.15) is 43.0 Å². The third-order valence-electron chi connectivity index (χ3n) is 4.02. The zero-order valence-corrected chi connectivity index (χ0v) is 15.5. The van der Waals surface area contributed by atoms with Crippen molar-refractivity contribution in [1.29, 1.82) is 0 Å². The summed E-state index contributed by atoms with van der Waals surface area (Å²) in [5.41, 5.74) is 9.05. The SMILES string of the molecule is CCC[C@H](N)CC[C@H](Cc1ccccc1)NC(=O)OCc1cncs1. The number of carbonyl (C=O) groups excluding carboxylic acids is 1. The molecule has 2 atom stereocenters. The van der Waals surface area contributed by atoms with E-state index in [0.29, 0.717) is 0 Å². The molecule has 2 aromatic rings. The van der Waals surface area contributed by atoms with E-state index >= 15 is 0 Å². The van der Waals surface area contributed by atoms with Gasteiger partial charge in [-0.1, -0.05) is 43.7 Å². The van der Waals surface area contributed by atoms with Crippen molar-refractivity contribution >= 4 is 17.4 Å². The summed E-state index contributed by atoms with van der Waals surface area (Å²) in [6.45, 7) is 2.39. The molecule has 0 aliphatic carbocycles. The Kier molecular flexibility index (Phi) is 8.42. The summed E-state index contributed by atoms with van der Waals surface area (Å²) in [6, 6.07) is 10.4. The molecule has 1 aromatic heterocycles. The summed E-state index contributed by atoms with van der Waals surface area (Å²) < 4.78 is 5.30. The molecule has 0 saturated heterocycles. The van der Waals surface area contributed by atoms with Gasteiger partial charge in [-0.3, -0.25) is 4.98 Å².